The Morgan fingerprint density at radius 1 is 0.827 bits per heavy atom. The minimum Gasteiger partial charge on any atom is -0.381 e. The Balaban J connectivity index is 0.713. The Kier molecular flexibility index (Phi) is 12.9. The fraction of sp³-hybridized carbons (Fsp3) is 0.500. The fourth-order valence-corrected chi connectivity index (χ4v) is 12.7. The number of nitrogens with one attached hydrogen (secondary N) is 1. The van der Waals surface area contributed by atoms with Crippen molar-refractivity contribution in [3.63, 3.8) is 0 Å². The van der Waals surface area contributed by atoms with Gasteiger partial charge >= 0.3 is 0 Å². The summed E-state index contributed by atoms with van der Waals surface area (Å²) in [5.41, 5.74) is 6.67. The number of benzene rings is 2. The Bertz CT molecular complexity index is 3130. The number of amides is 6. The van der Waals surface area contributed by atoms with Crippen LogP contribution in [0.2, 0.25) is 0 Å². The van der Waals surface area contributed by atoms with Gasteiger partial charge in [0.15, 0.2) is 5.82 Å². The molecular weight excluding hydrogens is 967 g/mol. The Labute approximate surface area is 431 Å². The third-order valence-electron chi connectivity index (χ3n) is 16.7. The van der Waals surface area contributed by atoms with Crippen molar-refractivity contribution in [2.75, 3.05) is 81.9 Å². The molecule has 1 unspecified atom stereocenters. The number of ether oxygens (including phenoxy) is 1. The van der Waals surface area contributed by atoms with Crippen LogP contribution in [0, 0.1) is 5.92 Å². The second-order valence-corrected chi connectivity index (χ2v) is 21.0. The van der Waals surface area contributed by atoms with Gasteiger partial charge in [0.05, 0.1) is 41.1 Å². The molecule has 6 amide bonds. The van der Waals surface area contributed by atoms with Crippen LogP contribution in [0.15, 0.2) is 48.8 Å². The van der Waals surface area contributed by atoms with Crippen LogP contribution in [0.25, 0.3) is 22.2 Å². The van der Waals surface area contributed by atoms with Gasteiger partial charge in [-0.25, -0.2) is 8.78 Å². The van der Waals surface area contributed by atoms with Crippen molar-refractivity contribution in [3.8, 4) is 11.1 Å². The van der Waals surface area contributed by atoms with Crippen molar-refractivity contribution in [2.24, 2.45) is 5.92 Å². The predicted octanol–water partition coefficient (Wildman–Crippen LogP) is 5.03. The van der Waals surface area contributed by atoms with Gasteiger partial charge in [0.1, 0.15) is 18.1 Å². The molecule has 1 N–H and O–H groups in total. The lowest BCUT2D eigenvalue weighted by molar-refractivity contribution is -0.136. The molecule has 7 aliphatic heterocycles. The van der Waals surface area contributed by atoms with E-state index in [4.69, 9.17) is 9.84 Å². The molecule has 0 aliphatic carbocycles. The smallest absolute Gasteiger partial charge is 0.264 e. The summed E-state index contributed by atoms with van der Waals surface area (Å²) in [5.74, 6) is -1.08. The molecule has 392 valence electrons. The van der Waals surface area contributed by atoms with E-state index in [0.717, 1.165) is 79.3 Å². The Hall–Kier alpha value is -7.13. The monoisotopic (exact) mass is 1030 g/mol. The van der Waals surface area contributed by atoms with Crippen molar-refractivity contribution >= 4 is 63.7 Å². The van der Waals surface area contributed by atoms with Crippen LogP contribution in [-0.4, -0.2) is 158 Å². The van der Waals surface area contributed by atoms with Gasteiger partial charge in [0.25, 0.3) is 18.2 Å². The van der Waals surface area contributed by atoms with Crippen LogP contribution in [0.1, 0.15) is 107 Å². The number of aryl methyl sites for hydroxylation is 1. The maximum atomic E-state index is 15.5. The van der Waals surface area contributed by atoms with E-state index in [1.165, 1.54) is 0 Å². The van der Waals surface area contributed by atoms with Gasteiger partial charge < -0.3 is 28.9 Å². The second kappa shape index (κ2) is 19.9. The number of anilines is 3. The largest absolute Gasteiger partial charge is 0.381 e. The number of likely N-dealkylation sites (tertiary alicyclic amines) is 1. The number of imide groups is 2. The lowest BCUT2D eigenvalue weighted by Gasteiger charge is -2.40. The fourth-order valence-electron chi connectivity index (χ4n) is 12.7. The van der Waals surface area contributed by atoms with E-state index in [0.29, 0.717) is 117 Å². The number of rotatable bonds is 10. The van der Waals surface area contributed by atoms with E-state index in [-0.39, 0.29) is 48.4 Å². The lowest BCUT2D eigenvalue weighted by atomic mass is 9.92. The minimum absolute atomic E-state index is 0.0117. The summed E-state index contributed by atoms with van der Waals surface area (Å²) < 4.78 is 40.6. The highest BCUT2D eigenvalue weighted by atomic mass is 19.3. The molecule has 21 heteroatoms. The van der Waals surface area contributed by atoms with E-state index in [1.807, 2.05) is 26.5 Å². The quantitative estimate of drug-likeness (QED) is 0.184. The number of halogens is 2. The maximum Gasteiger partial charge on any atom is 0.264 e. The van der Waals surface area contributed by atoms with Crippen molar-refractivity contribution in [2.45, 2.75) is 96.3 Å². The molecule has 4 fully saturated rings. The number of piperidine rings is 2. The molecule has 0 bridgehead atoms. The van der Waals surface area contributed by atoms with E-state index in [1.54, 1.807) is 43.6 Å². The number of nitrogens with zero attached hydrogens (tertiary/aromatic N) is 11. The molecule has 4 saturated heterocycles. The molecule has 0 radical (unpaired) electrons. The molecule has 1 atom stereocenters. The first kappa shape index (κ1) is 48.8. The van der Waals surface area contributed by atoms with Crippen molar-refractivity contribution in [1.82, 2.24) is 49.5 Å². The number of piperazine rings is 1. The molecule has 3 aromatic heterocycles. The molecule has 5 aromatic rings. The zero-order valence-electron chi connectivity index (χ0n) is 42.0. The first-order chi connectivity index (χ1) is 36.4. The van der Waals surface area contributed by atoms with E-state index in [2.05, 4.69) is 34.9 Å². The first-order valence-electron chi connectivity index (χ1n) is 26.5. The molecule has 12 rings (SSSR count). The van der Waals surface area contributed by atoms with Gasteiger partial charge in [-0.1, -0.05) is 6.07 Å². The summed E-state index contributed by atoms with van der Waals surface area (Å²) in [4.78, 5) is 89.7. The van der Waals surface area contributed by atoms with E-state index >= 15 is 8.78 Å². The van der Waals surface area contributed by atoms with Crippen LogP contribution in [0.3, 0.4) is 0 Å². The normalized spacial score (nSPS) is 21.1. The number of alkyl halides is 2. The van der Waals surface area contributed by atoms with Crippen molar-refractivity contribution in [3.05, 3.63) is 82.3 Å². The molecule has 19 nitrogen and oxygen atoms in total. The highest BCUT2D eigenvalue weighted by Crippen LogP contribution is 2.45. The van der Waals surface area contributed by atoms with Crippen LogP contribution in [0.4, 0.5) is 26.0 Å². The standard InChI is InChI=1S/C54H60F2N12O7/c1-32(69)64-19-12-41-40(30-64)51(60-68(41)35-13-24-75-25-14-35)66-16-3-4-34-26-37(38(50(55)56)27-45(34)66)39-29-65(43-9-15-57-59-49(39)43)31-47(71)63-17-10-33(11-18-63)28-61-20-22-62(23-21-61)42-6-2-5-36-48(42)54(74)67(53(36)73)44-7-8-46(70)58-52(44)72/h2,5-6,9,15,26-27,29,33,35,44,50H,3-4,7-8,10-14,16-25,28,30-31H2,1H3,(H,58,70,72). The number of carbonyl (C=O) groups excluding carboxylic acids is 6. The molecular formula is C54H60F2N12O7. The molecule has 75 heavy (non-hydrogen) atoms. The third-order valence-corrected chi connectivity index (χ3v) is 16.7. The highest BCUT2D eigenvalue weighted by Gasteiger charge is 2.46. The Morgan fingerprint density at radius 3 is 2.39 bits per heavy atom. The predicted molar refractivity (Wildman–Crippen MR) is 270 cm³/mol. The molecule has 2 aromatic carbocycles. The van der Waals surface area contributed by atoms with Gasteiger partial charge in [-0.15, -0.1) is 5.10 Å². The van der Waals surface area contributed by atoms with Crippen molar-refractivity contribution < 1.29 is 42.3 Å². The SMILES string of the molecule is CC(=O)N1CCc2c(c(N3CCCc4cc(-c5cn(CC(=O)N6CCC(CN7CCN(c8cccc9c8C(=O)N(C8CCC(=O)NC8=O)C9=O)CC7)CC6)c6ccnnc56)c(C(F)F)cc43)nn2C2CCOCC2)C1. The van der Waals surface area contributed by atoms with Gasteiger partial charge in [-0.3, -0.25) is 48.6 Å². The van der Waals surface area contributed by atoms with Crippen LogP contribution >= 0.6 is 0 Å². The zero-order valence-corrected chi connectivity index (χ0v) is 42.0. The average Bonchev–Trinajstić information content (AvgIpc) is 4.08. The molecule has 10 heterocycles. The Morgan fingerprint density at radius 2 is 1.63 bits per heavy atom. The highest BCUT2D eigenvalue weighted by molar-refractivity contribution is 6.25. The summed E-state index contributed by atoms with van der Waals surface area (Å²) >= 11 is 0. The van der Waals surface area contributed by atoms with Gasteiger partial charge in [0.2, 0.25) is 23.6 Å². The second-order valence-electron chi connectivity index (χ2n) is 21.0. The molecule has 0 spiro atoms. The third kappa shape index (κ3) is 8.89. The summed E-state index contributed by atoms with van der Waals surface area (Å²) in [7, 11) is 0. The summed E-state index contributed by atoms with van der Waals surface area (Å²) in [5, 5.41) is 16.1. The van der Waals surface area contributed by atoms with Crippen LogP contribution in [0.5, 0.6) is 0 Å². The van der Waals surface area contributed by atoms with E-state index in [9.17, 15) is 28.8 Å². The number of aromatic nitrogens is 5. The zero-order chi connectivity index (χ0) is 51.6. The number of hydrogen-bond donors (Lipinski definition) is 1. The van der Waals surface area contributed by atoms with E-state index < -0.39 is 36.1 Å². The van der Waals surface area contributed by atoms with Gasteiger partial charge in [-0.2, -0.15) is 10.2 Å². The van der Waals surface area contributed by atoms with Crippen LogP contribution in [-0.2, 0) is 49.8 Å². The topological polar surface area (TPSA) is 192 Å². The summed E-state index contributed by atoms with van der Waals surface area (Å²) in [6, 6.07) is 9.59. The van der Waals surface area contributed by atoms with Crippen LogP contribution < -0.4 is 15.1 Å². The number of carbonyl (C=O) groups is 6. The van der Waals surface area contributed by atoms with Crippen molar-refractivity contribution in [1.29, 1.82) is 0 Å². The first-order valence-corrected chi connectivity index (χ1v) is 26.5. The minimum atomic E-state index is -2.82. The summed E-state index contributed by atoms with van der Waals surface area (Å²) in [6.45, 7) is 9.29. The average molecular weight is 1030 g/mol. The maximum absolute atomic E-state index is 15.5. The number of fused-ring (bicyclic) bond motifs is 4. The number of hydrogen-bond acceptors (Lipinski definition) is 13. The lowest BCUT2D eigenvalue weighted by Crippen LogP contribution is -2.54. The molecule has 7 aliphatic rings. The van der Waals surface area contributed by atoms with Gasteiger partial charge in [0, 0.05) is 126 Å². The van der Waals surface area contributed by atoms with Gasteiger partial charge in [-0.05, 0) is 92.3 Å². The summed E-state index contributed by atoms with van der Waals surface area (Å²) in [6.07, 6.45) is 6.09. The molecule has 0 saturated carbocycles.